The van der Waals surface area contributed by atoms with Gasteiger partial charge in [0.25, 0.3) is 0 Å². The van der Waals surface area contributed by atoms with Gasteiger partial charge in [0.2, 0.25) is 0 Å². The molecule has 0 radical (unpaired) electrons. The molecule has 0 saturated carbocycles. The third kappa shape index (κ3) is 2.67. The number of benzene rings is 1. The van der Waals surface area contributed by atoms with Crippen LogP contribution < -0.4 is 5.32 Å². The van der Waals surface area contributed by atoms with Crippen molar-refractivity contribution in [1.29, 1.82) is 0 Å². The second-order valence-electron chi connectivity index (χ2n) is 5.30. The lowest BCUT2D eigenvalue weighted by Crippen LogP contribution is -2.22. The molecule has 0 aliphatic carbocycles. The summed E-state index contributed by atoms with van der Waals surface area (Å²) in [6.07, 6.45) is 4.04. The van der Waals surface area contributed by atoms with Gasteiger partial charge >= 0.3 is 0 Å². The van der Waals surface area contributed by atoms with E-state index in [1.165, 1.54) is 16.5 Å². The predicted molar refractivity (Wildman–Crippen MR) is 85.2 cm³/mol. The first-order chi connectivity index (χ1) is 10.2. The van der Waals surface area contributed by atoms with Gasteiger partial charge in [-0.3, -0.25) is 9.67 Å². The van der Waals surface area contributed by atoms with E-state index >= 15 is 0 Å². The Morgan fingerprint density at radius 2 is 2.10 bits per heavy atom. The largest absolute Gasteiger partial charge is 0.306 e. The third-order valence-corrected chi connectivity index (χ3v) is 3.72. The highest BCUT2D eigenvalue weighted by molar-refractivity contribution is 5.79. The molecule has 0 aliphatic heterocycles. The van der Waals surface area contributed by atoms with E-state index in [1.807, 2.05) is 43.0 Å². The maximum Gasteiger partial charge on any atom is 0.0702 e. The van der Waals surface area contributed by atoms with Gasteiger partial charge in [0.15, 0.2) is 0 Å². The number of pyridine rings is 1. The van der Waals surface area contributed by atoms with Crippen molar-refractivity contribution in [2.45, 2.75) is 19.9 Å². The van der Waals surface area contributed by atoms with Gasteiger partial charge in [-0.15, -0.1) is 0 Å². The van der Waals surface area contributed by atoms with Crippen LogP contribution >= 0.6 is 0 Å². The minimum Gasteiger partial charge on any atom is -0.306 e. The maximum atomic E-state index is 4.58. The summed E-state index contributed by atoms with van der Waals surface area (Å²) >= 11 is 0. The molecule has 4 nitrogen and oxygen atoms in total. The first kappa shape index (κ1) is 13.8. The number of aromatic nitrogens is 3. The summed E-state index contributed by atoms with van der Waals surface area (Å²) in [6.45, 7) is 5.06. The Morgan fingerprint density at radius 1 is 1.29 bits per heavy atom. The normalized spacial score (nSPS) is 12.7. The lowest BCUT2D eigenvalue weighted by molar-refractivity contribution is 0.626. The van der Waals surface area contributed by atoms with Crippen LogP contribution in [0.3, 0.4) is 0 Å². The molecule has 3 aromatic rings. The Morgan fingerprint density at radius 3 is 2.81 bits per heavy atom. The van der Waals surface area contributed by atoms with Crippen LogP contribution in [0.15, 0.2) is 42.7 Å². The van der Waals surface area contributed by atoms with Crippen molar-refractivity contribution in [1.82, 2.24) is 20.1 Å². The molecule has 0 spiro atoms. The van der Waals surface area contributed by atoms with Crippen LogP contribution in [0.5, 0.6) is 0 Å². The molecule has 1 atom stereocenters. The average molecular weight is 280 g/mol. The number of aryl methyl sites for hydroxylation is 2. The average Bonchev–Trinajstić information content (AvgIpc) is 2.83. The van der Waals surface area contributed by atoms with Crippen molar-refractivity contribution in [2.24, 2.45) is 7.05 Å². The molecule has 0 fully saturated rings. The molecule has 0 amide bonds. The zero-order chi connectivity index (χ0) is 14.8. The van der Waals surface area contributed by atoms with Crippen molar-refractivity contribution in [3.8, 4) is 0 Å². The summed E-state index contributed by atoms with van der Waals surface area (Å²) in [4.78, 5) is 4.58. The van der Waals surface area contributed by atoms with Gasteiger partial charge in [0.1, 0.15) is 0 Å². The zero-order valence-corrected chi connectivity index (χ0v) is 12.7. The van der Waals surface area contributed by atoms with Crippen molar-refractivity contribution in [2.75, 3.05) is 6.54 Å². The molecule has 2 aromatic heterocycles. The molecule has 1 N–H and O–H groups in total. The van der Waals surface area contributed by atoms with E-state index in [2.05, 4.69) is 40.7 Å². The molecule has 3 rings (SSSR count). The monoisotopic (exact) mass is 280 g/mol. The summed E-state index contributed by atoms with van der Waals surface area (Å²) < 4.78 is 1.86. The van der Waals surface area contributed by atoms with Crippen LogP contribution in [0, 0.1) is 6.92 Å². The van der Waals surface area contributed by atoms with Crippen LogP contribution in [0.4, 0.5) is 0 Å². The SMILES string of the molecule is CCNC(c1cnc2ccccc2c1)c1cn(C)nc1C. The minimum atomic E-state index is 0.126. The van der Waals surface area contributed by atoms with Gasteiger partial charge in [-0.1, -0.05) is 25.1 Å². The van der Waals surface area contributed by atoms with E-state index in [-0.39, 0.29) is 6.04 Å². The second kappa shape index (κ2) is 5.66. The fourth-order valence-electron chi connectivity index (χ4n) is 2.76. The Bertz CT molecular complexity index is 760. The standard InChI is InChI=1S/C17H20N4/c1-4-18-17(15-11-21(3)20-12(15)2)14-9-13-7-5-6-8-16(13)19-10-14/h5-11,17-18H,4H2,1-3H3. The van der Waals surface area contributed by atoms with E-state index in [0.717, 1.165) is 17.8 Å². The first-order valence-electron chi connectivity index (χ1n) is 7.27. The summed E-state index contributed by atoms with van der Waals surface area (Å²) in [5.41, 5.74) is 4.46. The highest BCUT2D eigenvalue weighted by Crippen LogP contribution is 2.26. The summed E-state index contributed by atoms with van der Waals surface area (Å²) in [7, 11) is 1.96. The molecule has 2 heterocycles. The molecular formula is C17H20N4. The van der Waals surface area contributed by atoms with Crippen molar-refractivity contribution in [3.05, 3.63) is 59.5 Å². The van der Waals surface area contributed by atoms with Crippen LogP contribution in [0.2, 0.25) is 0 Å². The van der Waals surface area contributed by atoms with Gasteiger partial charge in [0.05, 0.1) is 17.3 Å². The number of nitrogens with one attached hydrogen (secondary N) is 1. The molecule has 108 valence electrons. The van der Waals surface area contributed by atoms with E-state index in [0.29, 0.717) is 0 Å². The van der Waals surface area contributed by atoms with Gasteiger partial charge in [0, 0.05) is 30.4 Å². The molecule has 21 heavy (non-hydrogen) atoms. The predicted octanol–water partition coefficient (Wildman–Crippen LogP) is 2.98. The smallest absolute Gasteiger partial charge is 0.0702 e. The van der Waals surface area contributed by atoms with Crippen LogP contribution in [-0.2, 0) is 7.05 Å². The number of nitrogens with zero attached hydrogens (tertiary/aromatic N) is 3. The summed E-state index contributed by atoms with van der Waals surface area (Å²) in [5, 5.41) is 9.17. The zero-order valence-electron chi connectivity index (χ0n) is 12.7. The molecule has 0 aliphatic rings. The van der Waals surface area contributed by atoms with E-state index in [9.17, 15) is 0 Å². The van der Waals surface area contributed by atoms with Crippen molar-refractivity contribution in [3.63, 3.8) is 0 Å². The molecule has 0 bridgehead atoms. The first-order valence-corrected chi connectivity index (χ1v) is 7.27. The van der Waals surface area contributed by atoms with E-state index in [1.54, 1.807) is 0 Å². The number of rotatable bonds is 4. The number of fused-ring (bicyclic) bond motifs is 1. The Balaban J connectivity index is 2.08. The highest BCUT2D eigenvalue weighted by atomic mass is 15.3. The topological polar surface area (TPSA) is 42.7 Å². The minimum absolute atomic E-state index is 0.126. The van der Waals surface area contributed by atoms with Gasteiger partial charge in [-0.05, 0) is 31.2 Å². The number of hydrogen-bond acceptors (Lipinski definition) is 3. The Labute approximate surface area is 124 Å². The van der Waals surface area contributed by atoms with Crippen molar-refractivity contribution >= 4 is 10.9 Å². The molecule has 0 saturated heterocycles. The molecular weight excluding hydrogens is 260 g/mol. The fourth-order valence-corrected chi connectivity index (χ4v) is 2.76. The van der Waals surface area contributed by atoms with Gasteiger partial charge in [-0.2, -0.15) is 5.10 Å². The second-order valence-corrected chi connectivity index (χ2v) is 5.30. The quantitative estimate of drug-likeness (QED) is 0.799. The summed E-state index contributed by atoms with van der Waals surface area (Å²) in [6, 6.07) is 10.5. The molecule has 1 unspecified atom stereocenters. The highest BCUT2D eigenvalue weighted by Gasteiger charge is 2.18. The van der Waals surface area contributed by atoms with E-state index in [4.69, 9.17) is 0 Å². The summed E-state index contributed by atoms with van der Waals surface area (Å²) in [5.74, 6) is 0. The fraction of sp³-hybridized carbons (Fsp3) is 0.294. The van der Waals surface area contributed by atoms with Crippen LogP contribution in [0.25, 0.3) is 10.9 Å². The number of para-hydroxylation sites is 1. The Hall–Kier alpha value is -2.20. The third-order valence-electron chi connectivity index (χ3n) is 3.72. The Kier molecular flexibility index (Phi) is 3.71. The van der Waals surface area contributed by atoms with Crippen LogP contribution in [0.1, 0.15) is 29.8 Å². The van der Waals surface area contributed by atoms with Gasteiger partial charge < -0.3 is 5.32 Å². The van der Waals surface area contributed by atoms with Crippen molar-refractivity contribution < 1.29 is 0 Å². The molecule has 1 aromatic carbocycles. The van der Waals surface area contributed by atoms with Gasteiger partial charge in [-0.25, -0.2) is 0 Å². The van der Waals surface area contributed by atoms with E-state index < -0.39 is 0 Å². The molecule has 4 heteroatoms. The van der Waals surface area contributed by atoms with Crippen LogP contribution in [-0.4, -0.2) is 21.3 Å². The lowest BCUT2D eigenvalue weighted by atomic mass is 9.99. The lowest BCUT2D eigenvalue weighted by Gasteiger charge is -2.18. The number of hydrogen-bond donors (Lipinski definition) is 1. The maximum absolute atomic E-state index is 4.58.